The maximum Gasteiger partial charge on any atom is 0.292 e. The fourth-order valence-corrected chi connectivity index (χ4v) is 3.04. The van der Waals surface area contributed by atoms with Crippen LogP contribution in [0.4, 0.5) is 0 Å². The van der Waals surface area contributed by atoms with Gasteiger partial charge in [-0.1, -0.05) is 61.5 Å². The zero-order valence-electron chi connectivity index (χ0n) is 10.4. The summed E-state index contributed by atoms with van der Waals surface area (Å²) in [4.78, 5) is 11.2. The summed E-state index contributed by atoms with van der Waals surface area (Å²) in [5, 5.41) is 1.17. The molecule has 2 aromatic carbocycles. The highest BCUT2D eigenvalue weighted by Gasteiger charge is 2.07. The van der Waals surface area contributed by atoms with Gasteiger partial charge in [0.1, 0.15) is 0 Å². The molecule has 0 heterocycles. The molecule has 3 heteroatoms. The average molecular weight is 256 g/mol. The number of carbonyl (C=O) groups is 1. The third-order valence-corrected chi connectivity index (χ3v) is 4.17. The largest absolute Gasteiger partial charge is 0.520 e. The minimum absolute atomic E-state index is 0.107. The predicted octanol–water partition coefficient (Wildman–Crippen LogP) is 2.02. The molecule has 0 fully saturated rings. The Morgan fingerprint density at radius 3 is 2.44 bits per heavy atom. The van der Waals surface area contributed by atoms with Crippen LogP contribution in [0.2, 0.25) is 0 Å². The molecule has 0 spiro atoms. The molecule has 0 saturated carbocycles. The van der Waals surface area contributed by atoms with Crippen LogP contribution in [0.3, 0.4) is 0 Å². The number of carbonyl (C=O) groups excluding carboxylic acids is 1. The van der Waals surface area contributed by atoms with Crippen LogP contribution in [0.15, 0.2) is 54.6 Å². The fourth-order valence-electron chi connectivity index (χ4n) is 1.81. The first kappa shape index (κ1) is 12.6. The summed E-state index contributed by atoms with van der Waals surface area (Å²) in [5.74, 6) is -0.107. The average Bonchev–Trinajstić information content (AvgIpc) is 2.46. The Bertz CT molecular complexity index is 523. The van der Waals surface area contributed by atoms with Crippen molar-refractivity contribution in [2.45, 2.75) is 13.3 Å². The van der Waals surface area contributed by atoms with Crippen LogP contribution < -0.4 is 5.19 Å². The Morgan fingerprint density at radius 1 is 1.06 bits per heavy atom. The SMILES string of the molecule is CCC(=O)O[SiH2]c1ccccc1-c1ccccc1. The molecule has 0 aliphatic rings. The molecule has 2 aromatic rings. The molecular formula is C15H16O2Si. The molecule has 0 unspecified atom stereocenters. The molecule has 0 bridgehead atoms. The molecule has 0 aromatic heterocycles. The maximum absolute atomic E-state index is 11.2. The smallest absolute Gasteiger partial charge is 0.292 e. The van der Waals surface area contributed by atoms with Gasteiger partial charge in [0.15, 0.2) is 0 Å². The molecule has 0 atom stereocenters. The van der Waals surface area contributed by atoms with Gasteiger partial charge in [0.2, 0.25) is 0 Å². The molecular weight excluding hydrogens is 240 g/mol. The lowest BCUT2D eigenvalue weighted by atomic mass is 10.1. The Hall–Kier alpha value is -1.87. The van der Waals surface area contributed by atoms with E-state index in [9.17, 15) is 4.79 Å². The van der Waals surface area contributed by atoms with E-state index < -0.39 is 9.76 Å². The Balaban J connectivity index is 2.24. The molecule has 92 valence electrons. The lowest BCUT2D eigenvalue weighted by Crippen LogP contribution is -2.22. The Labute approximate surface area is 110 Å². The van der Waals surface area contributed by atoms with Crippen LogP contribution >= 0.6 is 0 Å². The zero-order valence-corrected chi connectivity index (χ0v) is 11.8. The zero-order chi connectivity index (χ0) is 12.8. The lowest BCUT2D eigenvalue weighted by Gasteiger charge is -2.09. The highest BCUT2D eigenvalue weighted by atomic mass is 28.2. The van der Waals surface area contributed by atoms with E-state index in [-0.39, 0.29) is 5.97 Å². The van der Waals surface area contributed by atoms with Crippen molar-refractivity contribution < 1.29 is 9.22 Å². The van der Waals surface area contributed by atoms with Gasteiger partial charge in [-0.05, 0) is 16.3 Å². The van der Waals surface area contributed by atoms with E-state index in [1.165, 1.54) is 16.3 Å². The van der Waals surface area contributed by atoms with Crippen molar-refractivity contribution in [3.63, 3.8) is 0 Å². The Morgan fingerprint density at radius 2 is 1.72 bits per heavy atom. The molecule has 2 rings (SSSR count). The predicted molar refractivity (Wildman–Crippen MR) is 76.4 cm³/mol. The molecule has 0 amide bonds. The van der Waals surface area contributed by atoms with E-state index in [0.29, 0.717) is 6.42 Å². The third-order valence-electron chi connectivity index (χ3n) is 2.78. The summed E-state index contributed by atoms with van der Waals surface area (Å²) in [6, 6.07) is 18.3. The summed E-state index contributed by atoms with van der Waals surface area (Å²) < 4.78 is 5.34. The van der Waals surface area contributed by atoms with E-state index in [1.54, 1.807) is 0 Å². The minimum atomic E-state index is -0.992. The van der Waals surface area contributed by atoms with Gasteiger partial charge in [0.05, 0.1) is 0 Å². The van der Waals surface area contributed by atoms with Gasteiger partial charge in [0.25, 0.3) is 15.7 Å². The molecule has 0 aliphatic heterocycles. The van der Waals surface area contributed by atoms with Crippen molar-refractivity contribution in [3.05, 3.63) is 54.6 Å². The van der Waals surface area contributed by atoms with Gasteiger partial charge in [0, 0.05) is 6.42 Å². The second kappa shape index (κ2) is 6.17. The first-order valence-corrected chi connectivity index (χ1v) is 7.38. The second-order valence-corrected chi connectivity index (χ2v) is 5.38. The topological polar surface area (TPSA) is 26.3 Å². The monoisotopic (exact) mass is 256 g/mol. The highest BCUT2D eigenvalue weighted by Crippen LogP contribution is 2.16. The number of hydrogen-bond acceptors (Lipinski definition) is 2. The summed E-state index contributed by atoms with van der Waals surface area (Å²) in [5.41, 5.74) is 2.35. The van der Waals surface area contributed by atoms with Crippen LogP contribution in [0.25, 0.3) is 11.1 Å². The van der Waals surface area contributed by atoms with Crippen LogP contribution in [-0.2, 0) is 9.22 Å². The van der Waals surface area contributed by atoms with Gasteiger partial charge in [-0.25, -0.2) is 0 Å². The van der Waals surface area contributed by atoms with Gasteiger partial charge < -0.3 is 4.43 Å². The van der Waals surface area contributed by atoms with Crippen LogP contribution in [0, 0.1) is 0 Å². The molecule has 18 heavy (non-hydrogen) atoms. The highest BCUT2D eigenvalue weighted by molar-refractivity contribution is 6.51. The quantitative estimate of drug-likeness (QED) is 0.782. The second-order valence-electron chi connectivity index (χ2n) is 4.04. The molecule has 0 radical (unpaired) electrons. The summed E-state index contributed by atoms with van der Waals surface area (Å²) in [7, 11) is -0.992. The van der Waals surface area contributed by atoms with Gasteiger partial charge in [-0.2, -0.15) is 0 Å². The fraction of sp³-hybridized carbons (Fsp3) is 0.133. The van der Waals surface area contributed by atoms with Crippen LogP contribution in [0.5, 0.6) is 0 Å². The van der Waals surface area contributed by atoms with Crippen molar-refractivity contribution in [3.8, 4) is 11.1 Å². The Kier molecular flexibility index (Phi) is 4.31. The van der Waals surface area contributed by atoms with E-state index in [2.05, 4.69) is 24.3 Å². The molecule has 0 saturated heterocycles. The van der Waals surface area contributed by atoms with Gasteiger partial charge in [-0.15, -0.1) is 0 Å². The summed E-state index contributed by atoms with van der Waals surface area (Å²) >= 11 is 0. The molecule has 2 nitrogen and oxygen atoms in total. The van der Waals surface area contributed by atoms with Crippen LogP contribution in [-0.4, -0.2) is 15.7 Å². The number of rotatable bonds is 4. The molecule has 0 aliphatic carbocycles. The van der Waals surface area contributed by atoms with Crippen molar-refractivity contribution in [1.29, 1.82) is 0 Å². The van der Waals surface area contributed by atoms with Gasteiger partial charge >= 0.3 is 0 Å². The third kappa shape index (κ3) is 3.08. The van der Waals surface area contributed by atoms with Crippen molar-refractivity contribution in [1.82, 2.24) is 0 Å². The van der Waals surface area contributed by atoms with Crippen LogP contribution in [0.1, 0.15) is 13.3 Å². The van der Waals surface area contributed by atoms with E-state index in [1.807, 2.05) is 37.3 Å². The van der Waals surface area contributed by atoms with Crippen molar-refractivity contribution in [2.75, 3.05) is 0 Å². The summed E-state index contributed by atoms with van der Waals surface area (Å²) in [6.45, 7) is 1.82. The maximum atomic E-state index is 11.2. The van der Waals surface area contributed by atoms with E-state index in [4.69, 9.17) is 4.43 Å². The van der Waals surface area contributed by atoms with E-state index in [0.717, 1.165) is 0 Å². The molecule has 0 N–H and O–H groups in total. The normalized spacial score (nSPS) is 10.7. The van der Waals surface area contributed by atoms with Crippen molar-refractivity contribution in [2.24, 2.45) is 0 Å². The lowest BCUT2D eigenvalue weighted by molar-refractivity contribution is -0.133. The summed E-state index contributed by atoms with van der Waals surface area (Å²) in [6.07, 6.45) is 0.445. The number of benzene rings is 2. The minimum Gasteiger partial charge on any atom is -0.520 e. The first-order chi connectivity index (χ1) is 8.81. The number of hydrogen-bond donors (Lipinski definition) is 0. The van der Waals surface area contributed by atoms with Gasteiger partial charge in [-0.3, -0.25) is 4.79 Å². The first-order valence-electron chi connectivity index (χ1n) is 6.10. The van der Waals surface area contributed by atoms with E-state index >= 15 is 0 Å². The standard InChI is InChI=1S/C15H16O2Si/c1-2-15(16)17-18-14-11-7-6-10-13(14)12-8-4-3-5-9-12/h3-11H,2,18H2,1H3. The van der Waals surface area contributed by atoms with Crippen molar-refractivity contribution >= 4 is 20.9 Å².